The SMILES string of the molecule is CCN(CC)C(=O)C1=Cc2cc(CCc3cc(CC(=O)c4ccc(C)cc4)ccc3C)cnc2C1. The zero-order valence-corrected chi connectivity index (χ0v) is 21.2. The van der Waals surface area contributed by atoms with E-state index in [4.69, 9.17) is 0 Å². The maximum Gasteiger partial charge on any atom is 0.250 e. The van der Waals surface area contributed by atoms with Crippen molar-refractivity contribution in [3.05, 3.63) is 105 Å². The van der Waals surface area contributed by atoms with Crippen LogP contribution in [0.4, 0.5) is 0 Å². The molecule has 0 saturated heterocycles. The summed E-state index contributed by atoms with van der Waals surface area (Å²) >= 11 is 0. The fourth-order valence-electron chi connectivity index (χ4n) is 4.65. The molecule has 4 nitrogen and oxygen atoms in total. The molecule has 0 N–H and O–H groups in total. The van der Waals surface area contributed by atoms with Crippen molar-refractivity contribution in [2.45, 2.75) is 53.4 Å². The van der Waals surface area contributed by atoms with Gasteiger partial charge in [0.1, 0.15) is 0 Å². The topological polar surface area (TPSA) is 50.3 Å². The van der Waals surface area contributed by atoms with Gasteiger partial charge in [0.2, 0.25) is 5.91 Å². The summed E-state index contributed by atoms with van der Waals surface area (Å²) in [4.78, 5) is 32.0. The van der Waals surface area contributed by atoms with E-state index in [0.717, 1.165) is 65.0 Å². The van der Waals surface area contributed by atoms with Crippen LogP contribution in [0.2, 0.25) is 0 Å². The highest BCUT2D eigenvalue weighted by atomic mass is 16.2. The van der Waals surface area contributed by atoms with Gasteiger partial charge in [-0.25, -0.2) is 0 Å². The van der Waals surface area contributed by atoms with Gasteiger partial charge < -0.3 is 4.90 Å². The molecule has 1 heterocycles. The molecule has 1 amide bonds. The lowest BCUT2D eigenvalue weighted by molar-refractivity contribution is -0.126. The Morgan fingerprint density at radius 2 is 1.66 bits per heavy atom. The van der Waals surface area contributed by atoms with Gasteiger partial charge in [0, 0.05) is 43.3 Å². The van der Waals surface area contributed by atoms with Crippen LogP contribution >= 0.6 is 0 Å². The second-order valence-corrected chi connectivity index (χ2v) is 9.43. The van der Waals surface area contributed by atoms with Gasteiger partial charge in [0.15, 0.2) is 5.78 Å². The third kappa shape index (κ3) is 5.76. The molecule has 0 saturated carbocycles. The molecular formula is C31H34N2O2. The van der Waals surface area contributed by atoms with Crippen molar-refractivity contribution < 1.29 is 9.59 Å². The number of carbonyl (C=O) groups is 2. The Labute approximate surface area is 208 Å². The van der Waals surface area contributed by atoms with Gasteiger partial charge in [-0.15, -0.1) is 0 Å². The van der Waals surface area contributed by atoms with Crippen molar-refractivity contribution in [2.24, 2.45) is 0 Å². The maximum absolute atomic E-state index is 12.7. The lowest BCUT2D eigenvalue weighted by Gasteiger charge is -2.18. The van der Waals surface area contributed by atoms with E-state index in [1.165, 1.54) is 11.1 Å². The zero-order valence-electron chi connectivity index (χ0n) is 21.2. The van der Waals surface area contributed by atoms with E-state index in [2.05, 4.69) is 36.2 Å². The molecule has 0 unspecified atom stereocenters. The summed E-state index contributed by atoms with van der Waals surface area (Å²) in [6, 6.07) is 16.3. The monoisotopic (exact) mass is 466 g/mol. The van der Waals surface area contributed by atoms with Gasteiger partial charge in [-0.3, -0.25) is 14.6 Å². The Kier molecular flexibility index (Phi) is 7.60. The second kappa shape index (κ2) is 10.8. The maximum atomic E-state index is 12.7. The number of aromatic nitrogens is 1. The molecule has 180 valence electrons. The molecule has 0 aliphatic heterocycles. The van der Waals surface area contributed by atoms with Gasteiger partial charge >= 0.3 is 0 Å². The average Bonchev–Trinajstić information content (AvgIpc) is 3.29. The van der Waals surface area contributed by atoms with Crippen LogP contribution in [0.25, 0.3) is 6.08 Å². The number of carbonyl (C=O) groups excluding carboxylic acids is 2. The summed E-state index contributed by atoms with van der Waals surface area (Å²) in [5.41, 5.74) is 9.49. The smallest absolute Gasteiger partial charge is 0.250 e. The zero-order chi connectivity index (χ0) is 24.9. The van der Waals surface area contributed by atoms with Crippen molar-refractivity contribution >= 4 is 17.8 Å². The van der Waals surface area contributed by atoms with E-state index in [1.807, 2.05) is 62.2 Å². The minimum absolute atomic E-state index is 0.113. The van der Waals surface area contributed by atoms with E-state index < -0.39 is 0 Å². The number of benzene rings is 2. The molecule has 0 bridgehead atoms. The number of pyridine rings is 1. The largest absolute Gasteiger partial charge is 0.339 e. The number of amides is 1. The first-order valence-electron chi connectivity index (χ1n) is 12.5. The number of ketones is 1. The summed E-state index contributed by atoms with van der Waals surface area (Å²) < 4.78 is 0. The fraction of sp³-hybridized carbons (Fsp3) is 0.323. The summed E-state index contributed by atoms with van der Waals surface area (Å²) in [5, 5.41) is 0. The standard InChI is InChI=1S/C31H34N2O2/c1-5-33(6-2)31(35)28-18-27-16-24(20-32-29(27)19-28)11-14-26-15-23(10-9-22(26)4)17-30(34)25-12-7-21(3)8-13-25/h7-10,12-13,15-16,18,20H,5-6,11,14,17,19H2,1-4H3. The lowest BCUT2D eigenvalue weighted by atomic mass is 9.95. The Morgan fingerprint density at radius 1 is 0.914 bits per heavy atom. The molecule has 0 atom stereocenters. The van der Waals surface area contributed by atoms with Gasteiger partial charge in [0.05, 0.1) is 5.69 Å². The van der Waals surface area contributed by atoms with Crippen LogP contribution in [0, 0.1) is 13.8 Å². The van der Waals surface area contributed by atoms with Crippen LogP contribution in [-0.2, 0) is 30.5 Å². The molecule has 1 aliphatic rings. The molecule has 4 heteroatoms. The van der Waals surface area contributed by atoms with Crippen LogP contribution < -0.4 is 0 Å². The van der Waals surface area contributed by atoms with Crippen molar-refractivity contribution in [1.82, 2.24) is 9.88 Å². The van der Waals surface area contributed by atoms with Gasteiger partial charge in [0.25, 0.3) is 0 Å². The quantitative estimate of drug-likeness (QED) is 0.379. The number of nitrogens with zero attached hydrogens (tertiary/aromatic N) is 2. The summed E-state index contributed by atoms with van der Waals surface area (Å²) in [6.45, 7) is 9.60. The van der Waals surface area contributed by atoms with Gasteiger partial charge in [-0.1, -0.05) is 48.0 Å². The predicted molar refractivity (Wildman–Crippen MR) is 142 cm³/mol. The highest BCUT2D eigenvalue weighted by Gasteiger charge is 2.23. The molecule has 0 spiro atoms. The van der Waals surface area contributed by atoms with E-state index >= 15 is 0 Å². The molecule has 35 heavy (non-hydrogen) atoms. The number of Topliss-reactive ketones (excluding diaryl/α,β-unsaturated/α-hetero) is 1. The normalized spacial score (nSPS) is 12.3. The number of fused-ring (bicyclic) bond motifs is 1. The number of hydrogen-bond acceptors (Lipinski definition) is 3. The molecule has 0 fully saturated rings. The van der Waals surface area contributed by atoms with Crippen molar-refractivity contribution in [3.8, 4) is 0 Å². The van der Waals surface area contributed by atoms with Crippen LogP contribution in [0.3, 0.4) is 0 Å². The van der Waals surface area contributed by atoms with E-state index in [1.54, 1.807) is 0 Å². The molecule has 1 aliphatic carbocycles. The van der Waals surface area contributed by atoms with E-state index in [0.29, 0.717) is 12.8 Å². The summed E-state index contributed by atoms with van der Waals surface area (Å²) in [7, 11) is 0. The second-order valence-electron chi connectivity index (χ2n) is 9.43. The lowest BCUT2D eigenvalue weighted by Crippen LogP contribution is -2.31. The summed E-state index contributed by atoms with van der Waals surface area (Å²) in [5.74, 6) is 0.256. The van der Waals surface area contributed by atoms with E-state index in [9.17, 15) is 9.59 Å². The first-order chi connectivity index (χ1) is 16.9. The molecule has 4 rings (SSSR count). The van der Waals surface area contributed by atoms with Crippen molar-refractivity contribution in [1.29, 1.82) is 0 Å². The highest BCUT2D eigenvalue weighted by Crippen LogP contribution is 2.26. The number of aryl methyl sites for hydroxylation is 4. The number of rotatable bonds is 9. The van der Waals surface area contributed by atoms with Crippen molar-refractivity contribution in [3.63, 3.8) is 0 Å². The number of hydrogen-bond donors (Lipinski definition) is 0. The van der Waals surface area contributed by atoms with Gasteiger partial charge in [-0.2, -0.15) is 0 Å². The fourth-order valence-corrected chi connectivity index (χ4v) is 4.65. The third-order valence-corrected chi connectivity index (χ3v) is 6.91. The van der Waals surface area contributed by atoms with Crippen LogP contribution in [0.15, 0.2) is 60.3 Å². The first kappa shape index (κ1) is 24.6. The van der Waals surface area contributed by atoms with Crippen LogP contribution in [0.1, 0.15) is 63.3 Å². The molecular weight excluding hydrogens is 432 g/mol. The third-order valence-electron chi connectivity index (χ3n) is 6.91. The minimum atomic E-state index is 0.113. The van der Waals surface area contributed by atoms with Gasteiger partial charge in [-0.05, 0) is 80.5 Å². The molecule has 1 aromatic heterocycles. The number of likely N-dealkylation sites (N-methyl/N-ethyl adjacent to an activating group) is 1. The first-order valence-corrected chi connectivity index (χ1v) is 12.5. The van der Waals surface area contributed by atoms with Crippen LogP contribution in [0.5, 0.6) is 0 Å². The van der Waals surface area contributed by atoms with Crippen LogP contribution in [-0.4, -0.2) is 34.7 Å². The molecule has 0 radical (unpaired) electrons. The Morgan fingerprint density at radius 3 is 2.37 bits per heavy atom. The molecule has 3 aromatic rings. The Hall–Kier alpha value is -3.53. The minimum Gasteiger partial charge on any atom is -0.339 e. The van der Waals surface area contributed by atoms with Crippen molar-refractivity contribution in [2.75, 3.05) is 13.1 Å². The Balaban J connectivity index is 1.43. The summed E-state index contributed by atoms with van der Waals surface area (Å²) in [6.07, 6.45) is 6.72. The molecule has 2 aromatic carbocycles. The average molecular weight is 467 g/mol. The highest BCUT2D eigenvalue weighted by molar-refractivity contribution is 6.00. The van der Waals surface area contributed by atoms with E-state index in [-0.39, 0.29) is 11.7 Å². The predicted octanol–water partition coefficient (Wildman–Crippen LogP) is 5.72. The Bertz CT molecular complexity index is 1270.